The van der Waals surface area contributed by atoms with Crippen molar-refractivity contribution in [3.05, 3.63) is 53.4 Å². The summed E-state index contributed by atoms with van der Waals surface area (Å²) in [6.07, 6.45) is 3.36. The summed E-state index contributed by atoms with van der Waals surface area (Å²) in [7, 11) is 0. The van der Waals surface area contributed by atoms with Crippen molar-refractivity contribution in [2.24, 2.45) is 0 Å². The van der Waals surface area contributed by atoms with Crippen LogP contribution in [0.1, 0.15) is 11.8 Å². The molecule has 0 aromatic carbocycles. The lowest BCUT2D eigenvalue weighted by atomic mass is 10.4. The average Bonchev–Trinajstić information content (AvgIpc) is 3.39. The predicted octanol–water partition coefficient (Wildman–Crippen LogP) is 3.93. The van der Waals surface area contributed by atoms with Crippen molar-refractivity contribution in [2.75, 3.05) is 12.3 Å². The van der Waals surface area contributed by atoms with Gasteiger partial charge in [-0.05, 0) is 30.5 Å². The SMILES string of the molecule is C=CCN(Cc1cccs1)C(=O)CSc1nnc(-c2ccco2)n1CC. The van der Waals surface area contributed by atoms with E-state index in [2.05, 4.69) is 16.8 Å². The molecule has 0 spiro atoms. The number of thiophene rings is 1. The molecule has 8 heteroatoms. The fraction of sp³-hybridized carbons (Fsp3) is 0.278. The summed E-state index contributed by atoms with van der Waals surface area (Å²) in [5.74, 6) is 1.70. The molecular weight excluding hydrogens is 368 g/mol. The minimum atomic E-state index is 0.0495. The summed E-state index contributed by atoms with van der Waals surface area (Å²) in [4.78, 5) is 15.6. The van der Waals surface area contributed by atoms with Gasteiger partial charge >= 0.3 is 0 Å². The standard InChI is InChI=1S/C18H20N4O2S2/c1-3-9-21(12-14-7-6-11-25-14)16(23)13-26-18-20-19-17(22(18)4-2)15-8-5-10-24-15/h3,5-8,10-11H,1,4,9,12-13H2,2H3. The molecule has 6 nitrogen and oxygen atoms in total. The molecule has 0 aliphatic carbocycles. The van der Waals surface area contributed by atoms with E-state index in [4.69, 9.17) is 4.42 Å². The van der Waals surface area contributed by atoms with Gasteiger partial charge in [0.05, 0.1) is 18.6 Å². The third-order valence-electron chi connectivity index (χ3n) is 3.73. The Labute approximate surface area is 160 Å². The smallest absolute Gasteiger partial charge is 0.233 e. The fourth-order valence-electron chi connectivity index (χ4n) is 2.49. The second-order valence-electron chi connectivity index (χ2n) is 5.46. The van der Waals surface area contributed by atoms with Crippen molar-refractivity contribution < 1.29 is 9.21 Å². The molecule has 0 atom stereocenters. The summed E-state index contributed by atoms with van der Waals surface area (Å²) in [6, 6.07) is 7.69. The highest BCUT2D eigenvalue weighted by molar-refractivity contribution is 7.99. The van der Waals surface area contributed by atoms with E-state index in [9.17, 15) is 4.79 Å². The van der Waals surface area contributed by atoms with Crippen molar-refractivity contribution in [1.82, 2.24) is 19.7 Å². The summed E-state index contributed by atoms with van der Waals surface area (Å²) in [5.41, 5.74) is 0. The lowest BCUT2D eigenvalue weighted by molar-refractivity contribution is -0.128. The Morgan fingerprint density at radius 1 is 1.42 bits per heavy atom. The average molecular weight is 389 g/mol. The quantitative estimate of drug-likeness (QED) is 0.410. The first-order valence-electron chi connectivity index (χ1n) is 8.23. The number of nitrogens with zero attached hydrogens (tertiary/aromatic N) is 4. The summed E-state index contributed by atoms with van der Waals surface area (Å²) >= 11 is 3.04. The first-order valence-corrected chi connectivity index (χ1v) is 10.1. The second kappa shape index (κ2) is 8.86. The second-order valence-corrected chi connectivity index (χ2v) is 7.43. The monoisotopic (exact) mass is 388 g/mol. The Morgan fingerprint density at radius 3 is 2.96 bits per heavy atom. The number of carbonyl (C=O) groups is 1. The number of rotatable bonds is 9. The minimum absolute atomic E-state index is 0.0495. The molecule has 3 aromatic rings. The zero-order valence-corrected chi connectivity index (χ0v) is 16.1. The van der Waals surface area contributed by atoms with E-state index in [1.54, 1.807) is 28.6 Å². The molecule has 0 bridgehead atoms. The van der Waals surface area contributed by atoms with Gasteiger partial charge in [-0.1, -0.05) is 23.9 Å². The third kappa shape index (κ3) is 4.25. The topological polar surface area (TPSA) is 64.2 Å². The third-order valence-corrected chi connectivity index (χ3v) is 5.54. The molecule has 3 heterocycles. The maximum Gasteiger partial charge on any atom is 0.233 e. The maximum atomic E-state index is 12.7. The van der Waals surface area contributed by atoms with Crippen LogP contribution < -0.4 is 0 Å². The van der Waals surface area contributed by atoms with Gasteiger partial charge in [0.2, 0.25) is 5.91 Å². The van der Waals surface area contributed by atoms with Crippen LogP contribution >= 0.6 is 23.1 Å². The van der Waals surface area contributed by atoms with Gasteiger partial charge in [0.15, 0.2) is 16.7 Å². The number of hydrogen-bond donors (Lipinski definition) is 0. The van der Waals surface area contributed by atoms with Crippen molar-refractivity contribution in [2.45, 2.75) is 25.2 Å². The Morgan fingerprint density at radius 2 is 2.31 bits per heavy atom. The van der Waals surface area contributed by atoms with Crippen LogP contribution in [0.5, 0.6) is 0 Å². The fourth-order valence-corrected chi connectivity index (χ4v) is 4.11. The number of amides is 1. The highest BCUT2D eigenvalue weighted by atomic mass is 32.2. The van der Waals surface area contributed by atoms with Gasteiger partial charge in [-0.15, -0.1) is 28.1 Å². The van der Waals surface area contributed by atoms with E-state index in [1.165, 1.54) is 11.8 Å². The van der Waals surface area contributed by atoms with E-state index < -0.39 is 0 Å². The number of hydrogen-bond acceptors (Lipinski definition) is 6. The molecule has 0 aliphatic heterocycles. The highest BCUT2D eigenvalue weighted by Gasteiger charge is 2.18. The van der Waals surface area contributed by atoms with E-state index in [0.29, 0.717) is 42.1 Å². The van der Waals surface area contributed by atoms with Crippen molar-refractivity contribution in [3.8, 4) is 11.6 Å². The molecule has 0 aliphatic rings. The van der Waals surface area contributed by atoms with Gasteiger partial charge in [0, 0.05) is 18.0 Å². The Balaban J connectivity index is 1.67. The summed E-state index contributed by atoms with van der Waals surface area (Å²) in [6.45, 7) is 7.59. The number of furan rings is 1. The van der Waals surface area contributed by atoms with Gasteiger partial charge in [0.25, 0.3) is 0 Å². The first kappa shape index (κ1) is 18.5. The van der Waals surface area contributed by atoms with Crippen LogP contribution in [0.3, 0.4) is 0 Å². The molecule has 0 saturated carbocycles. The van der Waals surface area contributed by atoms with Crippen LogP contribution in [0.15, 0.2) is 58.1 Å². The van der Waals surface area contributed by atoms with Crippen LogP contribution in [0.25, 0.3) is 11.6 Å². The highest BCUT2D eigenvalue weighted by Crippen LogP contribution is 2.24. The molecule has 136 valence electrons. The molecule has 3 aromatic heterocycles. The lowest BCUT2D eigenvalue weighted by Crippen LogP contribution is -2.31. The molecule has 3 rings (SSSR count). The Hall–Kier alpha value is -2.32. The van der Waals surface area contributed by atoms with E-state index in [-0.39, 0.29) is 5.91 Å². The zero-order chi connectivity index (χ0) is 18.4. The van der Waals surface area contributed by atoms with Crippen LogP contribution in [-0.2, 0) is 17.9 Å². The largest absolute Gasteiger partial charge is 0.461 e. The van der Waals surface area contributed by atoms with Crippen molar-refractivity contribution >= 4 is 29.0 Å². The van der Waals surface area contributed by atoms with Gasteiger partial charge in [-0.25, -0.2) is 0 Å². The zero-order valence-electron chi connectivity index (χ0n) is 14.5. The molecular formula is C18H20N4O2S2. The van der Waals surface area contributed by atoms with Crippen molar-refractivity contribution in [3.63, 3.8) is 0 Å². The minimum Gasteiger partial charge on any atom is -0.461 e. The Bertz CT molecular complexity index is 841. The van der Waals surface area contributed by atoms with Crippen molar-refractivity contribution in [1.29, 1.82) is 0 Å². The van der Waals surface area contributed by atoms with E-state index in [1.807, 2.05) is 41.1 Å². The number of carbonyl (C=O) groups excluding carboxylic acids is 1. The summed E-state index contributed by atoms with van der Waals surface area (Å²) < 4.78 is 7.36. The molecule has 0 radical (unpaired) electrons. The van der Waals surface area contributed by atoms with Crippen LogP contribution in [0.2, 0.25) is 0 Å². The predicted molar refractivity (Wildman–Crippen MR) is 104 cm³/mol. The maximum absolute atomic E-state index is 12.7. The molecule has 0 saturated heterocycles. The lowest BCUT2D eigenvalue weighted by Gasteiger charge is -2.20. The van der Waals surface area contributed by atoms with E-state index in [0.717, 1.165) is 4.88 Å². The Kier molecular flexibility index (Phi) is 6.30. The number of thioether (sulfide) groups is 1. The van der Waals surface area contributed by atoms with Gasteiger partial charge in [-0.3, -0.25) is 9.36 Å². The molecule has 1 amide bonds. The van der Waals surface area contributed by atoms with Gasteiger partial charge < -0.3 is 9.32 Å². The molecule has 0 unspecified atom stereocenters. The van der Waals surface area contributed by atoms with Crippen LogP contribution in [0, 0.1) is 0 Å². The van der Waals surface area contributed by atoms with E-state index >= 15 is 0 Å². The normalized spacial score (nSPS) is 10.8. The van der Waals surface area contributed by atoms with Gasteiger partial charge in [0.1, 0.15) is 0 Å². The molecule has 0 fully saturated rings. The van der Waals surface area contributed by atoms with Crippen LogP contribution in [0.4, 0.5) is 0 Å². The first-order chi connectivity index (χ1) is 12.7. The van der Waals surface area contributed by atoms with Crippen LogP contribution in [-0.4, -0.2) is 37.9 Å². The molecule has 0 N–H and O–H groups in total. The van der Waals surface area contributed by atoms with Gasteiger partial charge in [-0.2, -0.15) is 0 Å². The number of aromatic nitrogens is 3. The molecule has 26 heavy (non-hydrogen) atoms. The summed E-state index contributed by atoms with van der Waals surface area (Å²) in [5, 5.41) is 11.2.